The van der Waals surface area contributed by atoms with E-state index < -0.39 is 35.3 Å². The van der Waals surface area contributed by atoms with Gasteiger partial charge in [-0.25, -0.2) is 9.50 Å². The summed E-state index contributed by atoms with van der Waals surface area (Å²) in [5.74, 6) is -0.432. The molecule has 1 aliphatic rings. The molecule has 1 N–H and O–H groups in total. The van der Waals surface area contributed by atoms with Gasteiger partial charge >= 0.3 is 12.4 Å². The normalized spacial score (nSPS) is 14.1. The summed E-state index contributed by atoms with van der Waals surface area (Å²) in [5, 5.41) is 9.56. The van der Waals surface area contributed by atoms with Gasteiger partial charge in [0.05, 0.1) is 12.8 Å². The fraction of sp³-hybridized carbons (Fsp3) is 0.360. The maximum Gasteiger partial charge on any atom is 0.435 e. The zero-order valence-corrected chi connectivity index (χ0v) is 21.5. The van der Waals surface area contributed by atoms with Crippen molar-refractivity contribution < 1.29 is 35.9 Å². The molecule has 3 aromatic heterocycles. The van der Waals surface area contributed by atoms with Gasteiger partial charge in [-0.3, -0.25) is 9.48 Å². The number of ether oxygens (including phenoxy) is 1. The molecular weight excluding hydrogens is 566 g/mol. The number of nitrogens with one attached hydrogen (secondary N) is 1. The number of hydrogen-bond acceptors (Lipinski definition) is 5. The zero-order chi connectivity index (χ0) is 28.8. The van der Waals surface area contributed by atoms with Crippen LogP contribution in [-0.4, -0.2) is 43.9 Å². The predicted octanol–water partition coefficient (Wildman–Crippen LogP) is 5.99. The van der Waals surface area contributed by atoms with Gasteiger partial charge in [0.15, 0.2) is 22.7 Å². The van der Waals surface area contributed by atoms with Crippen LogP contribution in [0.25, 0.3) is 16.9 Å². The quantitative estimate of drug-likeness (QED) is 0.202. The molecule has 5 rings (SSSR count). The number of nitrogens with zero attached hydrogens (tertiary/aromatic N) is 5. The Morgan fingerprint density at radius 1 is 1.10 bits per heavy atom. The largest absolute Gasteiger partial charge is 0.497 e. The minimum Gasteiger partial charge on any atom is -0.497 e. The molecule has 0 bridgehead atoms. The molecule has 1 aliphatic carbocycles. The summed E-state index contributed by atoms with van der Waals surface area (Å²) in [6.07, 6.45) is -7.66. The number of amides is 1. The molecule has 1 amide bonds. The Morgan fingerprint density at radius 3 is 2.50 bits per heavy atom. The lowest BCUT2D eigenvalue weighted by Crippen LogP contribution is -2.26. The van der Waals surface area contributed by atoms with Crippen molar-refractivity contribution in [1.82, 2.24) is 29.7 Å². The summed E-state index contributed by atoms with van der Waals surface area (Å²) in [7, 11) is 1.41. The molecule has 8 nitrogen and oxygen atoms in total. The second-order valence-electron chi connectivity index (χ2n) is 9.21. The molecule has 0 unspecified atom stereocenters. The van der Waals surface area contributed by atoms with Crippen molar-refractivity contribution >= 4 is 23.2 Å². The van der Waals surface area contributed by atoms with Crippen LogP contribution < -0.4 is 10.1 Å². The molecule has 1 fully saturated rings. The number of methoxy groups -OCH3 is 1. The molecule has 0 atom stereocenters. The van der Waals surface area contributed by atoms with Crippen molar-refractivity contribution in [2.24, 2.45) is 0 Å². The summed E-state index contributed by atoms with van der Waals surface area (Å²) in [5.41, 5.74) is -2.26. The molecule has 4 aromatic rings. The third kappa shape index (κ3) is 5.58. The molecule has 0 aliphatic heterocycles. The number of aryl methyl sites for hydroxylation is 1. The van der Waals surface area contributed by atoms with Gasteiger partial charge in [0.2, 0.25) is 0 Å². The van der Waals surface area contributed by atoms with Crippen LogP contribution in [0.4, 0.5) is 26.3 Å². The average Bonchev–Trinajstić information content (AvgIpc) is 3.56. The Bertz CT molecular complexity index is 1570. The predicted molar refractivity (Wildman–Crippen MR) is 131 cm³/mol. The Kier molecular flexibility index (Phi) is 7.15. The summed E-state index contributed by atoms with van der Waals surface area (Å²) >= 11 is 6.29. The molecule has 1 saturated carbocycles. The second kappa shape index (κ2) is 10.3. The second-order valence-corrected chi connectivity index (χ2v) is 9.59. The van der Waals surface area contributed by atoms with E-state index in [4.69, 9.17) is 16.3 Å². The van der Waals surface area contributed by atoms with Crippen LogP contribution in [0.3, 0.4) is 0 Å². The van der Waals surface area contributed by atoms with Crippen LogP contribution in [0.5, 0.6) is 5.75 Å². The Labute approximate surface area is 227 Å². The lowest BCUT2D eigenvalue weighted by molar-refractivity contribution is -0.143. The van der Waals surface area contributed by atoms with Crippen LogP contribution in [0.15, 0.2) is 36.4 Å². The number of hydrogen-bond donors (Lipinski definition) is 1. The van der Waals surface area contributed by atoms with E-state index in [0.29, 0.717) is 21.5 Å². The Balaban J connectivity index is 1.36. The van der Waals surface area contributed by atoms with Gasteiger partial charge in [0.25, 0.3) is 5.91 Å². The summed E-state index contributed by atoms with van der Waals surface area (Å²) in [6, 6.07) is 8.09. The topological polar surface area (TPSA) is 86.3 Å². The lowest BCUT2D eigenvalue weighted by atomic mass is 10.1. The molecule has 0 saturated heterocycles. The Hall–Kier alpha value is -3.81. The average molecular weight is 587 g/mol. The number of fused-ring (bicyclic) bond motifs is 1. The molecule has 0 radical (unpaired) electrons. The van der Waals surface area contributed by atoms with E-state index in [1.807, 2.05) is 0 Å². The maximum absolute atomic E-state index is 13.9. The van der Waals surface area contributed by atoms with Crippen molar-refractivity contribution in [3.63, 3.8) is 0 Å². The molecule has 3 heterocycles. The van der Waals surface area contributed by atoms with Crippen molar-refractivity contribution in [2.45, 2.75) is 44.1 Å². The van der Waals surface area contributed by atoms with Gasteiger partial charge in [-0.2, -0.15) is 36.5 Å². The van der Waals surface area contributed by atoms with Crippen LogP contribution >= 0.6 is 11.6 Å². The van der Waals surface area contributed by atoms with Crippen molar-refractivity contribution in [2.75, 3.05) is 13.7 Å². The monoisotopic (exact) mass is 586 g/mol. The highest BCUT2D eigenvalue weighted by Gasteiger charge is 2.38. The fourth-order valence-electron chi connectivity index (χ4n) is 4.24. The first-order chi connectivity index (χ1) is 18.9. The van der Waals surface area contributed by atoms with E-state index in [1.54, 1.807) is 18.2 Å². The fourth-order valence-corrected chi connectivity index (χ4v) is 4.49. The maximum atomic E-state index is 13.9. The summed E-state index contributed by atoms with van der Waals surface area (Å²) in [6.45, 7) is 0.0910. The van der Waals surface area contributed by atoms with E-state index >= 15 is 0 Å². The third-order valence-electron chi connectivity index (χ3n) is 6.33. The molecule has 40 heavy (non-hydrogen) atoms. The highest BCUT2D eigenvalue weighted by atomic mass is 35.5. The summed E-state index contributed by atoms with van der Waals surface area (Å²) < 4.78 is 88.0. The molecule has 212 valence electrons. The standard InChI is InChI=1S/C25H21ClF6N6O2/c1-40-15-5-2-4-14(10-15)16-11-19(25(30,31)32)38-22(34-16)20(26)21(36-38)23(39)33-8-3-9-37-17(13-6-7-13)12-18(35-37)24(27,28)29/h2,4-5,10-13H,3,6-9H2,1H3,(H,33,39). The van der Waals surface area contributed by atoms with Gasteiger partial charge in [0.1, 0.15) is 10.8 Å². The van der Waals surface area contributed by atoms with Gasteiger partial charge in [-0.1, -0.05) is 23.7 Å². The first kappa shape index (κ1) is 27.7. The van der Waals surface area contributed by atoms with Gasteiger partial charge in [-0.05, 0) is 43.5 Å². The van der Waals surface area contributed by atoms with Crippen molar-refractivity contribution in [3.8, 4) is 17.0 Å². The Morgan fingerprint density at radius 2 is 1.85 bits per heavy atom. The smallest absolute Gasteiger partial charge is 0.435 e. The van der Waals surface area contributed by atoms with E-state index in [9.17, 15) is 31.1 Å². The number of alkyl halides is 6. The van der Waals surface area contributed by atoms with Crippen LogP contribution in [0, 0.1) is 0 Å². The third-order valence-corrected chi connectivity index (χ3v) is 6.68. The van der Waals surface area contributed by atoms with Crippen molar-refractivity contribution in [3.05, 3.63) is 64.2 Å². The highest BCUT2D eigenvalue weighted by Crippen LogP contribution is 2.42. The number of aromatic nitrogens is 5. The lowest BCUT2D eigenvalue weighted by Gasteiger charge is -2.11. The minimum absolute atomic E-state index is 0.0109. The highest BCUT2D eigenvalue weighted by molar-refractivity contribution is 6.36. The number of carbonyl (C=O) groups excluding carboxylic acids is 1. The molecule has 1 aromatic carbocycles. The van der Waals surface area contributed by atoms with E-state index in [1.165, 1.54) is 17.9 Å². The zero-order valence-electron chi connectivity index (χ0n) is 20.8. The van der Waals surface area contributed by atoms with Crippen LogP contribution in [-0.2, 0) is 18.9 Å². The van der Waals surface area contributed by atoms with E-state index in [0.717, 1.165) is 25.0 Å². The number of carbonyl (C=O) groups is 1. The molecule has 0 spiro atoms. The summed E-state index contributed by atoms with van der Waals surface area (Å²) in [4.78, 5) is 17.0. The van der Waals surface area contributed by atoms with Gasteiger partial charge < -0.3 is 10.1 Å². The minimum atomic E-state index is -4.85. The van der Waals surface area contributed by atoms with Crippen molar-refractivity contribution in [1.29, 1.82) is 0 Å². The molecule has 15 heteroatoms. The SMILES string of the molecule is COc1cccc(-c2cc(C(F)(F)F)n3nc(C(=O)NCCCn4nc(C(F)(F)F)cc4C4CC4)c(Cl)c3n2)c1. The number of halogens is 7. The van der Waals surface area contributed by atoms with Gasteiger partial charge in [-0.15, -0.1) is 0 Å². The van der Waals surface area contributed by atoms with Gasteiger partial charge in [0, 0.05) is 30.3 Å². The van der Waals surface area contributed by atoms with Crippen LogP contribution in [0.2, 0.25) is 5.02 Å². The van der Waals surface area contributed by atoms with E-state index in [2.05, 4.69) is 20.5 Å². The van der Waals surface area contributed by atoms with Crippen LogP contribution in [0.1, 0.15) is 52.8 Å². The first-order valence-corrected chi connectivity index (χ1v) is 12.5. The number of benzene rings is 1. The van der Waals surface area contributed by atoms with E-state index in [-0.39, 0.29) is 41.8 Å². The molecular formula is C25H21ClF6N6O2. The number of rotatable bonds is 8. The first-order valence-electron chi connectivity index (χ1n) is 12.1.